The smallest absolute Gasteiger partial charge is 0.403 e. The predicted molar refractivity (Wildman–Crippen MR) is 161 cm³/mol. The molecule has 4 aromatic rings. The monoisotopic (exact) mass is 536 g/mol. The third kappa shape index (κ3) is 4.42. The molecule has 5 rings (SSSR count). The lowest BCUT2D eigenvalue weighted by atomic mass is 9.57. The van der Waals surface area contributed by atoms with Gasteiger partial charge in [0.25, 0.3) is 5.69 Å². The average molecular weight is 537 g/mol. The summed E-state index contributed by atoms with van der Waals surface area (Å²) in [6, 6.07) is 24.1. The van der Waals surface area contributed by atoms with Crippen LogP contribution < -0.4 is 9.13 Å². The molecule has 208 valence electrons. The average Bonchev–Trinajstić information content (AvgIpc) is 3.00. The van der Waals surface area contributed by atoms with Crippen LogP contribution in [-0.2, 0) is 28.7 Å². The van der Waals surface area contributed by atoms with Crippen LogP contribution in [0.3, 0.4) is 0 Å². The van der Waals surface area contributed by atoms with Crippen LogP contribution in [0.2, 0.25) is 0 Å². The lowest BCUT2D eigenvalue weighted by Crippen LogP contribution is -2.68. The van der Waals surface area contributed by atoms with E-state index in [4.69, 9.17) is 4.74 Å². The van der Waals surface area contributed by atoms with Crippen LogP contribution in [0.5, 0.6) is 0 Å². The number of rotatable bonds is 10. The molecule has 1 aliphatic heterocycles. The number of benzene rings is 2. The Bertz CT molecular complexity index is 1530. The Morgan fingerprint density at radius 1 is 0.850 bits per heavy atom. The van der Waals surface area contributed by atoms with Crippen molar-refractivity contribution < 1.29 is 18.7 Å². The number of esters is 1. The Morgan fingerprint density at radius 3 is 2.40 bits per heavy atom. The Morgan fingerprint density at radius 2 is 1.65 bits per heavy atom. The lowest BCUT2D eigenvalue weighted by molar-refractivity contribution is -0.765. The maximum atomic E-state index is 12.4. The van der Waals surface area contributed by atoms with E-state index in [0.29, 0.717) is 5.69 Å². The van der Waals surface area contributed by atoms with E-state index in [1.165, 1.54) is 53.1 Å². The van der Waals surface area contributed by atoms with E-state index >= 15 is 0 Å². The molecule has 0 spiro atoms. The number of nitrogens with zero attached hydrogens (tertiary/aromatic N) is 2. The second kappa shape index (κ2) is 11.5. The minimum atomic E-state index is -0.290. The molecule has 2 unspecified atom stereocenters. The maximum Gasteiger partial charge on any atom is 0.403 e. The molecule has 3 heterocycles. The van der Waals surface area contributed by atoms with Crippen LogP contribution in [0.1, 0.15) is 87.8 Å². The summed E-state index contributed by atoms with van der Waals surface area (Å²) in [5.74, 6) is -0.290. The molecular weight excluding hydrogens is 492 g/mol. The van der Waals surface area contributed by atoms with Gasteiger partial charge in [-0.15, -0.1) is 0 Å². The van der Waals surface area contributed by atoms with Crippen LogP contribution in [0.25, 0.3) is 22.0 Å². The standard InChI is InChI=1S/C36H44N2O2/c1-6-9-16-27-17-14-19-29-28(27)22-26-38-33(29)30-18-10-11-20-31(30)36(8-3,35(38,4)7-2)23-15-25-37-24-13-12-21-32(37)34(39)40-5/h10-14,17-22,24,26H,6-9,15-16,23,25H2,1-5H3/q+2. The van der Waals surface area contributed by atoms with E-state index in [-0.39, 0.29) is 16.9 Å². The number of carbonyl (C=O) groups is 1. The number of aromatic nitrogens is 2. The number of unbranched alkanes of at least 4 members (excludes halogenated alkanes) is 1. The first-order valence-electron chi connectivity index (χ1n) is 15.1. The number of ether oxygens (including phenoxy) is 1. The molecule has 0 radical (unpaired) electrons. The van der Waals surface area contributed by atoms with E-state index in [9.17, 15) is 4.79 Å². The number of hydrogen-bond acceptors (Lipinski definition) is 2. The van der Waals surface area contributed by atoms with Gasteiger partial charge in [-0.2, -0.15) is 9.13 Å². The molecule has 2 atom stereocenters. The van der Waals surface area contributed by atoms with Crippen LogP contribution in [0.15, 0.2) is 79.1 Å². The van der Waals surface area contributed by atoms with Gasteiger partial charge >= 0.3 is 5.97 Å². The van der Waals surface area contributed by atoms with Crippen LogP contribution in [-0.4, -0.2) is 13.1 Å². The van der Waals surface area contributed by atoms with E-state index in [1.807, 2.05) is 29.0 Å². The second-order valence-electron chi connectivity index (χ2n) is 11.5. The number of carbonyl (C=O) groups excluding carboxylic acids is 1. The fourth-order valence-corrected chi connectivity index (χ4v) is 7.44. The summed E-state index contributed by atoms with van der Waals surface area (Å²) in [4.78, 5) is 12.4. The van der Waals surface area contributed by atoms with Gasteiger partial charge in [0.15, 0.2) is 17.9 Å². The maximum absolute atomic E-state index is 12.4. The minimum absolute atomic E-state index is 0.0513. The van der Waals surface area contributed by atoms with Gasteiger partial charge in [0.05, 0.1) is 23.5 Å². The molecule has 4 nitrogen and oxygen atoms in total. The molecule has 2 aromatic carbocycles. The zero-order valence-electron chi connectivity index (χ0n) is 24.9. The molecule has 0 bridgehead atoms. The molecule has 0 aliphatic carbocycles. The van der Waals surface area contributed by atoms with Gasteiger partial charge in [-0.05, 0) is 60.4 Å². The largest absolute Gasteiger partial charge is 0.461 e. The highest BCUT2D eigenvalue weighted by atomic mass is 16.5. The summed E-state index contributed by atoms with van der Waals surface area (Å²) in [5, 5.41) is 2.74. The van der Waals surface area contributed by atoms with Crippen LogP contribution >= 0.6 is 0 Å². The summed E-state index contributed by atoms with van der Waals surface area (Å²) < 4.78 is 9.70. The van der Waals surface area contributed by atoms with Crippen molar-refractivity contribution in [3.8, 4) is 11.3 Å². The van der Waals surface area contributed by atoms with Crippen LogP contribution in [0, 0.1) is 0 Å². The summed E-state index contributed by atoms with van der Waals surface area (Å²) in [6.45, 7) is 10.2. The highest BCUT2D eigenvalue weighted by molar-refractivity contribution is 5.96. The van der Waals surface area contributed by atoms with E-state index in [2.05, 4.69) is 87.0 Å². The molecule has 2 aromatic heterocycles. The highest BCUT2D eigenvalue weighted by Gasteiger charge is 2.58. The van der Waals surface area contributed by atoms with Crippen molar-refractivity contribution in [3.63, 3.8) is 0 Å². The Kier molecular flexibility index (Phi) is 8.07. The van der Waals surface area contributed by atoms with E-state index < -0.39 is 0 Å². The molecular formula is C36H44N2O2+2. The van der Waals surface area contributed by atoms with Crippen molar-refractivity contribution in [1.82, 2.24) is 0 Å². The first-order valence-corrected chi connectivity index (χ1v) is 15.1. The van der Waals surface area contributed by atoms with Crippen molar-refractivity contribution in [1.29, 1.82) is 0 Å². The first-order chi connectivity index (χ1) is 19.5. The van der Waals surface area contributed by atoms with Crippen molar-refractivity contribution in [2.75, 3.05) is 7.11 Å². The van der Waals surface area contributed by atoms with Gasteiger partial charge in [-0.1, -0.05) is 57.5 Å². The Labute approximate surface area is 239 Å². The summed E-state index contributed by atoms with van der Waals surface area (Å²) >= 11 is 0. The highest BCUT2D eigenvalue weighted by Crippen LogP contribution is 2.53. The number of hydrogen-bond donors (Lipinski definition) is 0. The normalized spacial score (nSPS) is 19.7. The van der Waals surface area contributed by atoms with Gasteiger partial charge in [0.2, 0.25) is 5.69 Å². The Hall–Kier alpha value is -3.53. The molecule has 40 heavy (non-hydrogen) atoms. The molecule has 0 amide bonds. The number of pyridine rings is 2. The third-order valence-electron chi connectivity index (χ3n) is 9.77. The number of methoxy groups -OCH3 is 1. The van der Waals surface area contributed by atoms with Gasteiger partial charge in [-0.3, -0.25) is 0 Å². The fraction of sp³-hybridized carbons (Fsp3) is 0.417. The van der Waals surface area contributed by atoms with Gasteiger partial charge in [0.1, 0.15) is 6.54 Å². The third-order valence-corrected chi connectivity index (χ3v) is 9.77. The molecule has 0 fully saturated rings. The van der Waals surface area contributed by atoms with Crippen molar-refractivity contribution >= 4 is 16.7 Å². The molecule has 0 saturated carbocycles. The molecule has 1 aliphatic rings. The van der Waals surface area contributed by atoms with Gasteiger partial charge in [0, 0.05) is 38.0 Å². The number of fused-ring (bicyclic) bond motifs is 5. The summed E-state index contributed by atoms with van der Waals surface area (Å²) in [5.41, 5.74) is 6.06. The predicted octanol–water partition coefficient (Wildman–Crippen LogP) is 7.48. The van der Waals surface area contributed by atoms with Gasteiger partial charge < -0.3 is 4.74 Å². The SMILES string of the molecule is CCCCc1cccc2c3[n+](ccc12)C(C)(CC)C(CC)(CCC[n+]1ccccc1C(=O)OC)c1ccccc1-3. The van der Waals surface area contributed by atoms with Gasteiger partial charge in [-0.25, -0.2) is 4.79 Å². The van der Waals surface area contributed by atoms with E-state index in [0.717, 1.165) is 38.6 Å². The quantitative estimate of drug-likeness (QED) is 0.156. The van der Waals surface area contributed by atoms with E-state index in [1.54, 1.807) is 0 Å². The molecule has 0 saturated heterocycles. The van der Waals surface area contributed by atoms with Crippen LogP contribution in [0.4, 0.5) is 0 Å². The first kappa shape index (κ1) is 28.0. The summed E-state index contributed by atoms with van der Waals surface area (Å²) in [7, 11) is 1.45. The topological polar surface area (TPSA) is 34.1 Å². The number of aryl methyl sites for hydroxylation is 2. The van der Waals surface area contributed by atoms with Crippen molar-refractivity contribution in [2.24, 2.45) is 0 Å². The second-order valence-corrected chi connectivity index (χ2v) is 11.5. The minimum Gasteiger partial charge on any atom is -0.461 e. The summed E-state index contributed by atoms with van der Waals surface area (Å²) in [6.07, 6.45) is 11.9. The Balaban J connectivity index is 1.62. The van der Waals surface area contributed by atoms with Crippen molar-refractivity contribution in [3.05, 3.63) is 95.9 Å². The molecule has 0 N–H and O–H groups in total. The zero-order chi connectivity index (χ0) is 28.3. The zero-order valence-corrected chi connectivity index (χ0v) is 24.9. The molecule has 4 heteroatoms. The lowest BCUT2D eigenvalue weighted by Gasteiger charge is -2.48. The fourth-order valence-electron chi connectivity index (χ4n) is 7.44. The van der Waals surface area contributed by atoms with Crippen molar-refractivity contribution in [2.45, 2.75) is 90.1 Å².